The number of rotatable bonds is 3. The van der Waals surface area contributed by atoms with Crippen molar-refractivity contribution in [1.82, 2.24) is 0 Å². The Morgan fingerprint density at radius 3 is 2.71 bits per heavy atom. The van der Waals surface area contributed by atoms with E-state index >= 15 is 0 Å². The maximum atomic E-state index is 11.8. The minimum atomic E-state index is -0.503. The van der Waals surface area contributed by atoms with Gasteiger partial charge < -0.3 is 10.5 Å². The number of hydrogen-bond acceptors (Lipinski definition) is 3. The number of carbonyl (C=O) groups is 2. The molecule has 0 radical (unpaired) electrons. The van der Waals surface area contributed by atoms with E-state index in [9.17, 15) is 9.59 Å². The zero-order chi connectivity index (χ0) is 12.3. The fourth-order valence-electron chi connectivity index (χ4n) is 2.14. The normalized spacial score (nSPS) is 24.6. The highest BCUT2D eigenvalue weighted by atomic mass is 16.5. The third-order valence-corrected chi connectivity index (χ3v) is 3.10. The second-order valence-corrected chi connectivity index (χ2v) is 4.29. The molecule has 0 spiro atoms. The first-order valence-corrected chi connectivity index (χ1v) is 5.62. The lowest BCUT2D eigenvalue weighted by atomic mass is 9.82. The Hall–Kier alpha value is -1.68. The van der Waals surface area contributed by atoms with Crippen LogP contribution < -0.4 is 5.73 Å². The summed E-state index contributed by atoms with van der Waals surface area (Å²) in [5.41, 5.74) is 6.34. The molecule has 1 heterocycles. The Morgan fingerprint density at radius 2 is 2.06 bits per heavy atom. The van der Waals surface area contributed by atoms with Gasteiger partial charge >= 0.3 is 0 Å². The number of nitrogens with two attached hydrogens (primary N) is 1. The van der Waals surface area contributed by atoms with Crippen molar-refractivity contribution in [2.45, 2.75) is 6.42 Å². The van der Waals surface area contributed by atoms with Gasteiger partial charge in [0.2, 0.25) is 5.91 Å². The monoisotopic (exact) mass is 233 g/mol. The van der Waals surface area contributed by atoms with Gasteiger partial charge in [-0.15, -0.1) is 0 Å². The standard InChI is InChI=1S/C13H15NO3/c14-13(16)11-7-17-8-12(15)10(11)6-9-4-2-1-3-5-9/h1-5,10-11H,6-8H2,(H2,14,16)/t10-,11-/m1/s1. The Bertz CT molecular complexity index is 416. The van der Waals surface area contributed by atoms with Crippen molar-refractivity contribution in [3.8, 4) is 0 Å². The third-order valence-electron chi connectivity index (χ3n) is 3.10. The molecule has 4 heteroatoms. The third kappa shape index (κ3) is 2.71. The predicted octanol–water partition coefficient (Wildman–Crippen LogP) is 0.546. The summed E-state index contributed by atoms with van der Waals surface area (Å²) in [6.07, 6.45) is 0.552. The summed E-state index contributed by atoms with van der Waals surface area (Å²) in [6.45, 7) is 0.333. The summed E-state index contributed by atoms with van der Waals surface area (Å²) >= 11 is 0. The first-order valence-electron chi connectivity index (χ1n) is 5.62. The van der Waals surface area contributed by atoms with Crippen LogP contribution in [0.15, 0.2) is 30.3 Å². The molecule has 1 amide bonds. The van der Waals surface area contributed by atoms with Crippen molar-refractivity contribution in [2.75, 3.05) is 13.2 Å². The number of hydrogen-bond donors (Lipinski definition) is 1. The maximum absolute atomic E-state index is 11.8. The van der Waals surface area contributed by atoms with Crippen molar-refractivity contribution in [2.24, 2.45) is 17.6 Å². The van der Waals surface area contributed by atoms with Crippen LogP contribution in [-0.2, 0) is 20.7 Å². The lowest BCUT2D eigenvalue weighted by Crippen LogP contribution is -2.44. The zero-order valence-corrected chi connectivity index (χ0v) is 9.46. The average molecular weight is 233 g/mol. The smallest absolute Gasteiger partial charge is 0.223 e. The molecule has 0 aromatic heterocycles. The van der Waals surface area contributed by atoms with Gasteiger partial charge in [0.25, 0.3) is 0 Å². The van der Waals surface area contributed by atoms with Crippen molar-refractivity contribution >= 4 is 11.7 Å². The molecular weight excluding hydrogens is 218 g/mol. The van der Waals surface area contributed by atoms with Crippen LogP contribution in [0, 0.1) is 11.8 Å². The van der Waals surface area contributed by atoms with Gasteiger partial charge in [0.15, 0.2) is 5.78 Å². The van der Waals surface area contributed by atoms with Crippen LogP contribution in [0.4, 0.5) is 0 Å². The van der Waals surface area contributed by atoms with Crippen LogP contribution in [0.3, 0.4) is 0 Å². The highest BCUT2D eigenvalue weighted by molar-refractivity contribution is 5.90. The summed E-state index contributed by atoms with van der Waals surface area (Å²) in [6, 6.07) is 9.64. The van der Waals surface area contributed by atoms with Crippen LogP contribution in [0.1, 0.15) is 5.56 Å². The predicted molar refractivity (Wildman–Crippen MR) is 62.1 cm³/mol. The largest absolute Gasteiger partial charge is 0.373 e. The van der Waals surface area contributed by atoms with E-state index in [0.29, 0.717) is 6.42 Å². The molecule has 0 unspecified atom stereocenters. The maximum Gasteiger partial charge on any atom is 0.223 e. The summed E-state index contributed by atoms with van der Waals surface area (Å²) in [5.74, 6) is -1.34. The van der Waals surface area contributed by atoms with Gasteiger partial charge in [-0.25, -0.2) is 0 Å². The molecule has 0 aliphatic carbocycles. The molecule has 1 aliphatic rings. The van der Waals surface area contributed by atoms with E-state index in [-0.39, 0.29) is 24.9 Å². The highest BCUT2D eigenvalue weighted by Gasteiger charge is 2.36. The molecule has 1 aliphatic heterocycles. The van der Waals surface area contributed by atoms with Crippen LogP contribution in [-0.4, -0.2) is 24.9 Å². The molecule has 1 aromatic rings. The average Bonchev–Trinajstić information content (AvgIpc) is 2.33. The fraction of sp³-hybridized carbons (Fsp3) is 0.385. The van der Waals surface area contributed by atoms with Gasteiger partial charge in [0.05, 0.1) is 12.5 Å². The van der Waals surface area contributed by atoms with Crippen molar-refractivity contribution in [1.29, 1.82) is 0 Å². The van der Waals surface area contributed by atoms with Gasteiger partial charge in [-0.05, 0) is 12.0 Å². The number of benzene rings is 1. The van der Waals surface area contributed by atoms with Gasteiger partial charge in [0, 0.05) is 5.92 Å². The van der Waals surface area contributed by atoms with Gasteiger partial charge in [0.1, 0.15) is 6.61 Å². The Kier molecular flexibility index (Phi) is 3.54. The number of ketones is 1. The summed E-state index contributed by atoms with van der Waals surface area (Å²) in [7, 11) is 0. The molecule has 2 atom stereocenters. The molecule has 2 rings (SSSR count). The summed E-state index contributed by atoms with van der Waals surface area (Å²) in [4.78, 5) is 23.1. The lowest BCUT2D eigenvalue weighted by Gasteiger charge is -2.28. The van der Waals surface area contributed by atoms with Crippen LogP contribution in [0.2, 0.25) is 0 Å². The van der Waals surface area contributed by atoms with Crippen molar-refractivity contribution < 1.29 is 14.3 Å². The SMILES string of the molecule is NC(=O)[C@@H]1COCC(=O)[C@@H]1Cc1ccccc1. The summed E-state index contributed by atoms with van der Waals surface area (Å²) < 4.78 is 5.07. The van der Waals surface area contributed by atoms with Crippen molar-refractivity contribution in [3.63, 3.8) is 0 Å². The van der Waals surface area contributed by atoms with Crippen LogP contribution >= 0.6 is 0 Å². The molecular formula is C13H15NO3. The van der Waals surface area contributed by atoms with E-state index in [0.717, 1.165) is 5.56 Å². The van der Waals surface area contributed by atoms with E-state index in [2.05, 4.69) is 0 Å². The fourth-order valence-corrected chi connectivity index (χ4v) is 2.14. The number of ether oxygens (including phenoxy) is 1. The molecule has 1 aromatic carbocycles. The van der Waals surface area contributed by atoms with E-state index in [1.165, 1.54) is 0 Å². The van der Waals surface area contributed by atoms with Gasteiger partial charge in [-0.1, -0.05) is 30.3 Å². The second-order valence-electron chi connectivity index (χ2n) is 4.29. The van der Waals surface area contributed by atoms with E-state index in [1.807, 2.05) is 30.3 Å². The van der Waals surface area contributed by atoms with Gasteiger partial charge in [-0.3, -0.25) is 9.59 Å². The van der Waals surface area contributed by atoms with Crippen LogP contribution in [0.25, 0.3) is 0 Å². The molecule has 90 valence electrons. The topological polar surface area (TPSA) is 69.4 Å². The first-order chi connectivity index (χ1) is 8.18. The molecule has 0 bridgehead atoms. The summed E-state index contributed by atoms with van der Waals surface area (Å²) in [5, 5.41) is 0. The molecule has 4 nitrogen and oxygen atoms in total. The molecule has 1 saturated heterocycles. The second kappa shape index (κ2) is 5.10. The van der Waals surface area contributed by atoms with Gasteiger partial charge in [-0.2, -0.15) is 0 Å². The Balaban J connectivity index is 2.15. The number of amides is 1. The molecule has 2 N–H and O–H groups in total. The first kappa shape index (κ1) is 11.8. The molecule has 17 heavy (non-hydrogen) atoms. The molecule has 1 fully saturated rings. The van der Waals surface area contributed by atoms with E-state index < -0.39 is 11.8 Å². The van der Waals surface area contributed by atoms with E-state index in [1.54, 1.807) is 0 Å². The Labute approximate surface area is 99.8 Å². The minimum Gasteiger partial charge on any atom is -0.373 e. The van der Waals surface area contributed by atoms with Crippen LogP contribution in [0.5, 0.6) is 0 Å². The number of Topliss-reactive ketones (excluding diaryl/α,β-unsaturated/α-hetero) is 1. The highest BCUT2D eigenvalue weighted by Crippen LogP contribution is 2.23. The zero-order valence-electron chi connectivity index (χ0n) is 9.46. The van der Waals surface area contributed by atoms with E-state index in [4.69, 9.17) is 10.5 Å². The number of carbonyl (C=O) groups excluding carboxylic acids is 2. The van der Waals surface area contributed by atoms with Crippen molar-refractivity contribution in [3.05, 3.63) is 35.9 Å². The minimum absolute atomic E-state index is 0.0381. The molecule has 0 saturated carbocycles. The Morgan fingerprint density at radius 1 is 1.35 bits per heavy atom. The number of primary amides is 1. The lowest BCUT2D eigenvalue weighted by molar-refractivity contribution is -0.144. The quantitative estimate of drug-likeness (QED) is 0.828.